The lowest BCUT2D eigenvalue weighted by Crippen LogP contribution is -2.33. The zero-order valence-corrected chi connectivity index (χ0v) is 18.7. The minimum atomic E-state index is -0.676. The van der Waals surface area contributed by atoms with E-state index < -0.39 is 17.8 Å². The van der Waals surface area contributed by atoms with Crippen LogP contribution < -0.4 is 5.32 Å². The number of alkyl carbamates (subject to hydrolysis) is 1. The SMILES string of the molecule is CC(C)(C)OC(=O)NCCC(O)c1ccc2c(c1)c(I)nn2C1CCCCO1. The Hall–Kier alpha value is -1.39. The molecule has 3 rings (SSSR count). The average Bonchev–Trinajstić information content (AvgIpc) is 2.97. The van der Waals surface area contributed by atoms with Gasteiger partial charge in [-0.3, -0.25) is 0 Å². The van der Waals surface area contributed by atoms with Crippen LogP contribution in [-0.2, 0) is 9.47 Å². The molecule has 1 fully saturated rings. The van der Waals surface area contributed by atoms with Crippen LogP contribution in [0.25, 0.3) is 10.9 Å². The Morgan fingerprint density at radius 2 is 2.25 bits per heavy atom. The van der Waals surface area contributed by atoms with Crippen molar-refractivity contribution in [3.8, 4) is 0 Å². The van der Waals surface area contributed by atoms with E-state index in [1.165, 1.54) is 0 Å². The number of aliphatic hydroxyl groups excluding tert-OH is 1. The van der Waals surface area contributed by atoms with E-state index in [1.807, 2.05) is 43.7 Å². The van der Waals surface area contributed by atoms with Gasteiger partial charge in [0.25, 0.3) is 0 Å². The van der Waals surface area contributed by atoms with Crippen molar-refractivity contribution in [2.24, 2.45) is 0 Å². The molecule has 2 N–H and O–H groups in total. The Morgan fingerprint density at radius 3 is 2.93 bits per heavy atom. The Balaban J connectivity index is 1.65. The lowest BCUT2D eigenvalue weighted by atomic mass is 10.0. The molecule has 1 aliphatic heterocycles. The molecule has 1 amide bonds. The summed E-state index contributed by atoms with van der Waals surface area (Å²) in [5, 5.41) is 18.9. The zero-order valence-electron chi connectivity index (χ0n) is 16.6. The number of rotatable bonds is 5. The van der Waals surface area contributed by atoms with Crippen molar-refractivity contribution >= 4 is 39.6 Å². The summed E-state index contributed by atoms with van der Waals surface area (Å²) in [5.41, 5.74) is 1.28. The predicted molar refractivity (Wildman–Crippen MR) is 115 cm³/mol. The first-order chi connectivity index (χ1) is 13.2. The maximum absolute atomic E-state index is 11.7. The van der Waals surface area contributed by atoms with Gasteiger partial charge >= 0.3 is 6.09 Å². The van der Waals surface area contributed by atoms with Crippen LogP contribution in [0.4, 0.5) is 4.79 Å². The normalized spacial score (nSPS) is 18.8. The second-order valence-corrected chi connectivity index (χ2v) is 9.09. The van der Waals surface area contributed by atoms with Gasteiger partial charge in [0.2, 0.25) is 0 Å². The van der Waals surface area contributed by atoms with Crippen molar-refractivity contribution in [2.45, 2.75) is 64.4 Å². The molecule has 0 spiro atoms. The minimum Gasteiger partial charge on any atom is -0.444 e. The molecule has 0 aliphatic carbocycles. The van der Waals surface area contributed by atoms with E-state index >= 15 is 0 Å². The first kappa shape index (κ1) is 21.3. The first-order valence-electron chi connectivity index (χ1n) is 9.69. The number of amides is 1. The molecular weight excluding hydrogens is 473 g/mol. The van der Waals surface area contributed by atoms with Crippen LogP contribution in [0.5, 0.6) is 0 Å². The molecule has 154 valence electrons. The van der Waals surface area contributed by atoms with Crippen molar-refractivity contribution < 1.29 is 19.4 Å². The first-order valence-corrected chi connectivity index (χ1v) is 10.8. The van der Waals surface area contributed by atoms with Gasteiger partial charge in [0.1, 0.15) is 9.30 Å². The van der Waals surface area contributed by atoms with Gasteiger partial charge in [-0.25, -0.2) is 9.48 Å². The third kappa shape index (κ3) is 5.36. The summed E-state index contributed by atoms with van der Waals surface area (Å²) < 4.78 is 13.9. The monoisotopic (exact) mass is 501 g/mol. The summed E-state index contributed by atoms with van der Waals surface area (Å²) in [5.74, 6) is 0. The number of hydrogen-bond acceptors (Lipinski definition) is 5. The molecule has 1 aromatic carbocycles. The quantitative estimate of drug-likeness (QED) is 0.598. The Kier molecular flexibility index (Phi) is 6.82. The zero-order chi connectivity index (χ0) is 20.3. The number of nitrogens with one attached hydrogen (secondary N) is 1. The number of aromatic nitrogens is 2. The van der Waals surface area contributed by atoms with E-state index in [2.05, 4.69) is 33.0 Å². The van der Waals surface area contributed by atoms with Crippen molar-refractivity contribution in [1.29, 1.82) is 0 Å². The number of nitrogens with zero attached hydrogens (tertiary/aromatic N) is 2. The number of halogens is 1. The Labute approximate surface area is 178 Å². The van der Waals surface area contributed by atoms with E-state index in [9.17, 15) is 9.90 Å². The van der Waals surface area contributed by atoms with Crippen LogP contribution in [0.2, 0.25) is 0 Å². The molecule has 8 heteroatoms. The molecule has 1 aromatic heterocycles. The van der Waals surface area contributed by atoms with Gasteiger partial charge in [-0.15, -0.1) is 0 Å². The van der Waals surface area contributed by atoms with E-state index in [0.717, 1.165) is 46.0 Å². The number of ether oxygens (including phenoxy) is 2. The number of fused-ring (bicyclic) bond motifs is 1. The van der Waals surface area contributed by atoms with Gasteiger partial charge in [-0.2, -0.15) is 5.10 Å². The molecule has 2 atom stereocenters. The van der Waals surface area contributed by atoms with Crippen LogP contribution in [-0.4, -0.2) is 39.7 Å². The summed E-state index contributed by atoms with van der Waals surface area (Å²) in [6, 6.07) is 5.88. The lowest BCUT2D eigenvalue weighted by molar-refractivity contribution is -0.0368. The highest BCUT2D eigenvalue weighted by molar-refractivity contribution is 14.1. The molecule has 1 aliphatic rings. The third-order valence-corrected chi connectivity index (χ3v) is 5.38. The van der Waals surface area contributed by atoms with E-state index in [0.29, 0.717) is 13.0 Å². The van der Waals surface area contributed by atoms with E-state index in [-0.39, 0.29) is 6.23 Å². The van der Waals surface area contributed by atoms with E-state index in [4.69, 9.17) is 9.47 Å². The third-order valence-electron chi connectivity index (χ3n) is 4.58. The summed E-state index contributed by atoms with van der Waals surface area (Å²) in [4.78, 5) is 11.7. The van der Waals surface area contributed by atoms with Gasteiger partial charge in [0, 0.05) is 18.5 Å². The maximum Gasteiger partial charge on any atom is 0.407 e. The van der Waals surface area contributed by atoms with Crippen LogP contribution in [0.1, 0.15) is 64.3 Å². The van der Waals surface area contributed by atoms with Crippen LogP contribution >= 0.6 is 22.6 Å². The largest absolute Gasteiger partial charge is 0.444 e. The molecule has 1 saturated heterocycles. The molecular formula is C20H28IN3O4. The number of carbonyl (C=O) groups excluding carboxylic acids is 1. The molecule has 28 heavy (non-hydrogen) atoms. The smallest absolute Gasteiger partial charge is 0.407 e. The Bertz CT molecular complexity index is 825. The maximum atomic E-state index is 11.7. The van der Waals surface area contributed by atoms with Crippen LogP contribution in [0.3, 0.4) is 0 Å². The molecule has 2 unspecified atom stereocenters. The number of carbonyl (C=O) groups is 1. The van der Waals surface area contributed by atoms with Gasteiger partial charge in [-0.1, -0.05) is 6.07 Å². The second-order valence-electron chi connectivity index (χ2n) is 8.07. The lowest BCUT2D eigenvalue weighted by Gasteiger charge is -2.23. The van der Waals surface area contributed by atoms with E-state index in [1.54, 1.807) is 0 Å². The average molecular weight is 501 g/mol. The highest BCUT2D eigenvalue weighted by atomic mass is 127. The highest BCUT2D eigenvalue weighted by Crippen LogP contribution is 2.30. The fourth-order valence-corrected chi connectivity index (χ4v) is 3.92. The Morgan fingerprint density at radius 1 is 1.46 bits per heavy atom. The number of hydrogen-bond donors (Lipinski definition) is 2. The standard InChI is InChI=1S/C20H28IN3O4/c1-20(2,3)28-19(26)22-10-9-16(25)13-7-8-15-14(12-13)18(21)23-24(15)17-6-4-5-11-27-17/h7-8,12,16-17,25H,4-6,9-11H2,1-3H3,(H,22,26). The predicted octanol–water partition coefficient (Wildman–Crippen LogP) is 4.29. The molecule has 0 radical (unpaired) electrons. The number of benzene rings is 1. The van der Waals surface area contributed by atoms with Crippen LogP contribution in [0.15, 0.2) is 18.2 Å². The second kappa shape index (κ2) is 8.96. The molecule has 2 aromatic rings. The summed E-state index contributed by atoms with van der Waals surface area (Å²) in [6.45, 7) is 6.55. The fourth-order valence-electron chi connectivity index (χ4n) is 3.26. The number of aliphatic hydroxyl groups is 1. The van der Waals surface area contributed by atoms with Gasteiger partial charge in [0.15, 0.2) is 6.23 Å². The van der Waals surface area contributed by atoms with Gasteiger partial charge in [0.05, 0.1) is 11.6 Å². The topological polar surface area (TPSA) is 85.6 Å². The van der Waals surface area contributed by atoms with Crippen molar-refractivity contribution in [2.75, 3.05) is 13.2 Å². The molecule has 2 heterocycles. The van der Waals surface area contributed by atoms with Crippen molar-refractivity contribution in [1.82, 2.24) is 15.1 Å². The van der Waals surface area contributed by atoms with Crippen molar-refractivity contribution in [3.05, 3.63) is 27.5 Å². The summed E-state index contributed by atoms with van der Waals surface area (Å²) >= 11 is 2.22. The minimum absolute atomic E-state index is 0.0198. The molecule has 7 nitrogen and oxygen atoms in total. The van der Waals surface area contributed by atoms with Crippen molar-refractivity contribution in [3.63, 3.8) is 0 Å². The summed E-state index contributed by atoms with van der Waals surface area (Å²) in [7, 11) is 0. The summed E-state index contributed by atoms with van der Waals surface area (Å²) in [6.07, 6.45) is 2.44. The molecule has 0 saturated carbocycles. The highest BCUT2D eigenvalue weighted by Gasteiger charge is 2.21. The van der Waals surface area contributed by atoms with Gasteiger partial charge in [-0.05, 0) is 86.7 Å². The van der Waals surface area contributed by atoms with Gasteiger partial charge < -0.3 is 19.9 Å². The fraction of sp³-hybridized carbons (Fsp3) is 0.600. The van der Waals surface area contributed by atoms with Crippen LogP contribution in [0, 0.1) is 3.70 Å². The molecule has 0 bridgehead atoms.